The zero-order valence-corrected chi connectivity index (χ0v) is 10.8. The van der Waals surface area contributed by atoms with Gasteiger partial charge in [-0.15, -0.1) is 0 Å². The van der Waals surface area contributed by atoms with Gasteiger partial charge in [0.1, 0.15) is 0 Å². The van der Waals surface area contributed by atoms with Gasteiger partial charge in [-0.3, -0.25) is 4.79 Å². The maximum atomic E-state index is 8.70. The smallest absolute Gasteiger partial charge is 0.330 e. The first-order valence-electron chi connectivity index (χ1n) is 5.47. The summed E-state index contributed by atoms with van der Waals surface area (Å²) in [6.45, 7) is 9.68. The van der Waals surface area contributed by atoms with Gasteiger partial charge in [0.15, 0.2) is 0 Å². The number of rotatable bonds is 8. The highest BCUT2D eigenvalue weighted by atomic mass is 17.1. The Bertz CT molecular complexity index is 151. The molecule has 0 saturated carbocycles. The number of methoxy groups -OCH3 is 1. The molecule has 0 aromatic rings. The number of hydrogen-bond acceptors (Lipinski definition) is 5. The van der Waals surface area contributed by atoms with Crippen molar-refractivity contribution in [3.63, 3.8) is 0 Å². The van der Waals surface area contributed by atoms with E-state index in [9.17, 15) is 0 Å². The molecule has 0 aromatic carbocycles. The lowest BCUT2D eigenvalue weighted by molar-refractivity contribution is -0.217. The first-order valence-corrected chi connectivity index (χ1v) is 5.47. The highest BCUT2D eigenvalue weighted by Gasteiger charge is 2.16. The molecule has 0 rings (SSSR count). The van der Waals surface area contributed by atoms with E-state index in [2.05, 4.69) is 31.0 Å². The first kappa shape index (κ1) is 17.7. The predicted octanol–water partition coefficient (Wildman–Crippen LogP) is 1.68. The lowest BCUT2D eigenvalue weighted by Crippen LogP contribution is -2.26. The van der Waals surface area contributed by atoms with Crippen LogP contribution in [0.2, 0.25) is 0 Å². The normalized spacial score (nSPS) is 10.3. The van der Waals surface area contributed by atoms with Crippen LogP contribution in [0.3, 0.4) is 0 Å². The molecule has 0 heterocycles. The van der Waals surface area contributed by atoms with Crippen LogP contribution in [0.5, 0.6) is 0 Å². The van der Waals surface area contributed by atoms with Gasteiger partial charge < -0.3 is 14.9 Å². The molecule has 0 aliphatic rings. The second-order valence-corrected chi connectivity index (χ2v) is 4.30. The Morgan fingerprint density at radius 3 is 2.31 bits per heavy atom. The highest BCUT2D eigenvalue weighted by Crippen LogP contribution is 2.19. The van der Waals surface area contributed by atoms with Gasteiger partial charge in [0.25, 0.3) is 0 Å². The minimum absolute atomic E-state index is 0.0694. The van der Waals surface area contributed by atoms with Crippen LogP contribution < -0.4 is 5.32 Å². The molecule has 0 saturated heterocycles. The third-order valence-corrected chi connectivity index (χ3v) is 1.98. The Morgan fingerprint density at radius 1 is 1.38 bits per heavy atom. The van der Waals surface area contributed by atoms with Crippen molar-refractivity contribution in [2.45, 2.75) is 33.6 Å². The molecule has 0 radical (unpaired) electrons. The van der Waals surface area contributed by atoms with Gasteiger partial charge in [-0.25, -0.2) is 5.26 Å². The fraction of sp³-hybridized carbons (Fsp3) is 0.909. The van der Waals surface area contributed by atoms with Crippen molar-refractivity contribution < 1.29 is 19.7 Å². The van der Waals surface area contributed by atoms with Crippen molar-refractivity contribution in [1.82, 2.24) is 5.32 Å². The summed E-state index contributed by atoms with van der Waals surface area (Å²) in [5, 5.41) is 10.4. The van der Waals surface area contributed by atoms with Crippen molar-refractivity contribution >= 4 is 6.47 Å². The van der Waals surface area contributed by atoms with E-state index < -0.39 is 0 Å². The van der Waals surface area contributed by atoms with Gasteiger partial charge in [0.2, 0.25) is 0 Å². The first-order chi connectivity index (χ1) is 7.54. The van der Waals surface area contributed by atoms with Crippen molar-refractivity contribution in [3.05, 3.63) is 0 Å². The number of carbonyl (C=O) groups is 1. The maximum Gasteiger partial charge on any atom is 0.330 e. The quantitative estimate of drug-likeness (QED) is 0.290. The van der Waals surface area contributed by atoms with Crippen molar-refractivity contribution in [2.75, 3.05) is 26.8 Å². The average molecular weight is 235 g/mol. The summed E-state index contributed by atoms with van der Waals surface area (Å²) >= 11 is 0. The molecule has 5 nitrogen and oxygen atoms in total. The van der Waals surface area contributed by atoms with Crippen LogP contribution in [0.1, 0.15) is 33.6 Å². The predicted molar refractivity (Wildman–Crippen MR) is 63.2 cm³/mol. The van der Waals surface area contributed by atoms with Crippen LogP contribution in [-0.2, 0) is 14.4 Å². The fourth-order valence-electron chi connectivity index (χ4n) is 1.19. The molecule has 0 unspecified atom stereocenters. The monoisotopic (exact) mass is 235 g/mol. The third kappa shape index (κ3) is 15.8. The van der Waals surface area contributed by atoms with Crippen LogP contribution >= 0.6 is 0 Å². The summed E-state index contributed by atoms with van der Waals surface area (Å²) in [6.07, 6.45) is 2.39. The number of carbonyl (C=O) groups excluding carboxylic acids is 1. The van der Waals surface area contributed by atoms with Gasteiger partial charge in [0.05, 0.1) is 6.61 Å². The van der Waals surface area contributed by atoms with Crippen molar-refractivity contribution in [1.29, 1.82) is 0 Å². The Morgan fingerprint density at radius 2 is 1.94 bits per heavy atom. The standard InChI is InChI=1S/C10H23NO.CH2O3/c1-5-7-11-8-6-10(2,3)9-12-4;2-1-4-3/h11H,5-9H2,1-4H3;1,3H. The molecule has 0 amide bonds. The minimum atomic E-state index is -0.0694. The van der Waals surface area contributed by atoms with Gasteiger partial charge in [-0.1, -0.05) is 20.8 Å². The lowest BCUT2D eigenvalue weighted by Gasteiger charge is -2.23. The summed E-state index contributed by atoms with van der Waals surface area (Å²) in [7, 11) is 1.77. The molecule has 0 aliphatic heterocycles. The number of nitrogens with one attached hydrogen (secondary N) is 1. The molecule has 0 fully saturated rings. The van der Waals surface area contributed by atoms with Gasteiger partial charge in [0, 0.05) is 7.11 Å². The van der Waals surface area contributed by atoms with E-state index in [1.807, 2.05) is 0 Å². The van der Waals surface area contributed by atoms with Crippen LogP contribution in [0.4, 0.5) is 0 Å². The van der Waals surface area contributed by atoms with E-state index in [0.717, 1.165) is 19.7 Å². The molecule has 16 heavy (non-hydrogen) atoms. The fourth-order valence-corrected chi connectivity index (χ4v) is 1.19. The topological polar surface area (TPSA) is 67.8 Å². The zero-order chi connectivity index (χ0) is 12.9. The third-order valence-electron chi connectivity index (χ3n) is 1.98. The van der Waals surface area contributed by atoms with Crippen molar-refractivity contribution in [2.24, 2.45) is 5.41 Å². The highest BCUT2D eigenvalue weighted by molar-refractivity contribution is 5.35. The van der Waals surface area contributed by atoms with Crippen molar-refractivity contribution in [3.8, 4) is 0 Å². The summed E-state index contributed by atoms with van der Waals surface area (Å²) in [5.74, 6) is 0. The Kier molecular flexibility index (Phi) is 13.8. The van der Waals surface area contributed by atoms with Gasteiger partial charge in [-0.2, -0.15) is 0 Å². The number of ether oxygens (including phenoxy) is 1. The summed E-state index contributed by atoms with van der Waals surface area (Å²) in [5.41, 5.74) is 0.315. The Labute approximate surface area is 98.1 Å². The van der Waals surface area contributed by atoms with Crippen LogP contribution in [0.25, 0.3) is 0 Å². The van der Waals surface area contributed by atoms with Crippen LogP contribution in [-0.4, -0.2) is 38.5 Å². The second kappa shape index (κ2) is 12.4. The largest absolute Gasteiger partial charge is 0.384 e. The molecule has 0 spiro atoms. The zero-order valence-electron chi connectivity index (χ0n) is 10.8. The number of hydrogen-bond donors (Lipinski definition) is 2. The summed E-state index contributed by atoms with van der Waals surface area (Å²) in [6, 6.07) is 0. The van der Waals surface area contributed by atoms with Crippen LogP contribution in [0.15, 0.2) is 0 Å². The summed E-state index contributed by atoms with van der Waals surface area (Å²) in [4.78, 5) is 11.6. The molecule has 2 N–H and O–H groups in total. The van der Waals surface area contributed by atoms with Crippen LogP contribution in [0, 0.1) is 5.41 Å². The Hall–Kier alpha value is -0.650. The lowest BCUT2D eigenvalue weighted by atomic mass is 9.90. The van der Waals surface area contributed by atoms with E-state index in [1.165, 1.54) is 12.8 Å². The summed E-state index contributed by atoms with van der Waals surface area (Å²) < 4.78 is 5.14. The minimum Gasteiger partial charge on any atom is -0.384 e. The molecule has 98 valence electrons. The van der Waals surface area contributed by atoms with E-state index in [1.54, 1.807) is 7.11 Å². The molecule has 0 bridgehead atoms. The molecule has 5 heteroatoms. The molecular formula is C11H25NO4. The Balaban J connectivity index is 0. The molecular weight excluding hydrogens is 210 g/mol. The second-order valence-electron chi connectivity index (χ2n) is 4.30. The van der Waals surface area contributed by atoms with E-state index in [-0.39, 0.29) is 6.47 Å². The SMILES string of the molecule is CCCNCCC(C)(C)COC.O=COO. The maximum absolute atomic E-state index is 8.70. The van der Waals surface area contributed by atoms with E-state index >= 15 is 0 Å². The average Bonchev–Trinajstić information content (AvgIpc) is 2.25. The van der Waals surface area contributed by atoms with E-state index in [0.29, 0.717) is 5.41 Å². The van der Waals surface area contributed by atoms with Gasteiger partial charge >= 0.3 is 6.47 Å². The molecule has 0 aromatic heterocycles. The molecule has 0 atom stereocenters. The van der Waals surface area contributed by atoms with Gasteiger partial charge in [-0.05, 0) is 31.3 Å². The van der Waals surface area contributed by atoms with E-state index in [4.69, 9.17) is 14.8 Å². The molecule has 0 aliphatic carbocycles.